The summed E-state index contributed by atoms with van der Waals surface area (Å²) in [7, 11) is 1.56. The first-order valence-corrected chi connectivity index (χ1v) is 11.2. The fraction of sp³-hybridized carbons (Fsp3) is 0.231. The second kappa shape index (κ2) is 8.65. The first kappa shape index (κ1) is 22.8. The van der Waals surface area contributed by atoms with Crippen molar-refractivity contribution in [3.8, 4) is 22.8 Å². The standard InChI is InChI=1S/C26H23F3N6/c1-16(2)22-20(5-4-11-30-22)23-31-13-19-10-12-35(25(19)33-23)14-17-6-8-18(9-7-17)24-32-21(15-34(24)3)26(27,28)29/h4-13,15-16H,14H2,1-3H3. The van der Waals surface area contributed by atoms with Gasteiger partial charge in [0, 0.05) is 54.9 Å². The quantitative estimate of drug-likeness (QED) is 0.308. The molecule has 0 aliphatic carbocycles. The molecule has 0 saturated heterocycles. The lowest BCUT2D eigenvalue weighted by Gasteiger charge is -2.11. The minimum Gasteiger partial charge on any atom is -0.333 e. The van der Waals surface area contributed by atoms with E-state index in [4.69, 9.17) is 4.98 Å². The molecule has 0 bridgehead atoms. The van der Waals surface area contributed by atoms with E-state index in [0.29, 0.717) is 17.9 Å². The Labute approximate surface area is 200 Å². The fourth-order valence-corrected chi connectivity index (χ4v) is 4.12. The fourth-order valence-electron chi connectivity index (χ4n) is 4.12. The van der Waals surface area contributed by atoms with Crippen LogP contribution in [0.1, 0.15) is 36.7 Å². The zero-order valence-corrected chi connectivity index (χ0v) is 19.5. The SMILES string of the molecule is CC(C)c1ncccc1-c1ncc2ccn(Cc3ccc(-c4nc(C(F)(F)F)cn4C)cc3)c2n1. The third-order valence-electron chi connectivity index (χ3n) is 5.86. The van der Waals surface area contributed by atoms with Crippen molar-refractivity contribution in [1.29, 1.82) is 0 Å². The summed E-state index contributed by atoms with van der Waals surface area (Å²) in [5, 5.41) is 0.924. The molecule has 178 valence electrons. The van der Waals surface area contributed by atoms with E-state index in [2.05, 4.69) is 28.8 Å². The van der Waals surface area contributed by atoms with Crippen LogP contribution in [0.15, 0.2) is 67.3 Å². The molecule has 9 heteroatoms. The zero-order chi connectivity index (χ0) is 24.7. The second-order valence-electron chi connectivity index (χ2n) is 8.76. The van der Waals surface area contributed by atoms with Crippen LogP contribution in [0.5, 0.6) is 0 Å². The number of fused-ring (bicyclic) bond motifs is 1. The predicted molar refractivity (Wildman–Crippen MR) is 128 cm³/mol. The molecule has 0 fully saturated rings. The Balaban J connectivity index is 1.44. The lowest BCUT2D eigenvalue weighted by Crippen LogP contribution is -2.04. The number of pyridine rings is 1. The summed E-state index contributed by atoms with van der Waals surface area (Å²) in [5.74, 6) is 1.13. The Hall–Kier alpha value is -4.01. The molecule has 0 radical (unpaired) electrons. The number of hydrogen-bond donors (Lipinski definition) is 0. The number of hydrogen-bond acceptors (Lipinski definition) is 4. The maximum atomic E-state index is 13.0. The highest BCUT2D eigenvalue weighted by atomic mass is 19.4. The Morgan fingerprint density at radius 3 is 2.43 bits per heavy atom. The molecule has 0 atom stereocenters. The van der Waals surface area contributed by atoms with Crippen LogP contribution in [-0.2, 0) is 19.8 Å². The maximum Gasteiger partial charge on any atom is 0.434 e. The van der Waals surface area contributed by atoms with E-state index in [-0.39, 0.29) is 11.7 Å². The van der Waals surface area contributed by atoms with Crippen molar-refractivity contribution >= 4 is 11.0 Å². The van der Waals surface area contributed by atoms with Crippen LogP contribution in [0.25, 0.3) is 33.8 Å². The van der Waals surface area contributed by atoms with E-state index < -0.39 is 11.9 Å². The molecule has 5 aromatic rings. The molecular weight excluding hydrogens is 453 g/mol. The van der Waals surface area contributed by atoms with Gasteiger partial charge in [0.2, 0.25) is 0 Å². The van der Waals surface area contributed by atoms with Crippen LogP contribution in [0.3, 0.4) is 0 Å². The van der Waals surface area contributed by atoms with Crippen molar-refractivity contribution in [1.82, 2.24) is 29.1 Å². The van der Waals surface area contributed by atoms with Crippen LogP contribution in [0.4, 0.5) is 13.2 Å². The first-order chi connectivity index (χ1) is 16.7. The molecule has 0 aliphatic rings. The maximum absolute atomic E-state index is 13.0. The van der Waals surface area contributed by atoms with Gasteiger partial charge in [0.15, 0.2) is 11.5 Å². The van der Waals surface area contributed by atoms with Gasteiger partial charge in [-0.15, -0.1) is 0 Å². The van der Waals surface area contributed by atoms with Gasteiger partial charge in [-0.25, -0.2) is 15.0 Å². The molecule has 4 heterocycles. The Bertz CT molecular complexity index is 1500. The third kappa shape index (κ3) is 4.41. The summed E-state index contributed by atoms with van der Waals surface area (Å²) in [5.41, 5.74) is 3.37. The van der Waals surface area contributed by atoms with E-state index >= 15 is 0 Å². The molecule has 0 saturated carbocycles. The molecule has 35 heavy (non-hydrogen) atoms. The van der Waals surface area contributed by atoms with Crippen molar-refractivity contribution in [3.63, 3.8) is 0 Å². The number of benzene rings is 1. The van der Waals surface area contributed by atoms with E-state index in [1.807, 2.05) is 47.3 Å². The van der Waals surface area contributed by atoms with Gasteiger partial charge < -0.3 is 9.13 Å². The second-order valence-corrected chi connectivity index (χ2v) is 8.76. The lowest BCUT2D eigenvalue weighted by atomic mass is 10.0. The average Bonchev–Trinajstić information content (AvgIpc) is 3.43. The van der Waals surface area contributed by atoms with E-state index in [1.54, 1.807) is 25.4 Å². The Morgan fingerprint density at radius 2 is 1.74 bits per heavy atom. The van der Waals surface area contributed by atoms with Crippen LogP contribution >= 0.6 is 0 Å². The summed E-state index contributed by atoms with van der Waals surface area (Å²) in [6, 6.07) is 13.2. The number of halogens is 3. The third-order valence-corrected chi connectivity index (χ3v) is 5.86. The van der Waals surface area contributed by atoms with Gasteiger partial charge in [-0.2, -0.15) is 13.2 Å². The van der Waals surface area contributed by atoms with Crippen LogP contribution < -0.4 is 0 Å². The Kier molecular flexibility index (Phi) is 5.62. The topological polar surface area (TPSA) is 61.4 Å². The van der Waals surface area contributed by atoms with Crippen molar-refractivity contribution in [2.24, 2.45) is 7.05 Å². The minimum absolute atomic E-state index is 0.238. The van der Waals surface area contributed by atoms with Crippen LogP contribution in [-0.4, -0.2) is 29.1 Å². The molecule has 0 amide bonds. The van der Waals surface area contributed by atoms with Gasteiger partial charge in [-0.05, 0) is 29.7 Å². The minimum atomic E-state index is -4.47. The summed E-state index contributed by atoms with van der Waals surface area (Å²) < 4.78 is 42.4. The number of rotatable bonds is 5. The molecule has 0 aliphatic heterocycles. The molecule has 0 N–H and O–H groups in total. The van der Waals surface area contributed by atoms with Gasteiger partial charge in [0.1, 0.15) is 11.5 Å². The highest BCUT2D eigenvalue weighted by Crippen LogP contribution is 2.31. The van der Waals surface area contributed by atoms with E-state index in [9.17, 15) is 13.2 Å². The summed E-state index contributed by atoms with van der Waals surface area (Å²) >= 11 is 0. The molecular formula is C26H23F3N6. The highest BCUT2D eigenvalue weighted by molar-refractivity contribution is 5.78. The van der Waals surface area contributed by atoms with Gasteiger partial charge in [0.05, 0.1) is 5.69 Å². The van der Waals surface area contributed by atoms with Gasteiger partial charge in [-0.1, -0.05) is 38.1 Å². The summed E-state index contributed by atoms with van der Waals surface area (Å²) in [6.45, 7) is 4.73. The monoisotopic (exact) mass is 476 g/mol. The van der Waals surface area contributed by atoms with E-state index in [1.165, 1.54) is 4.57 Å². The smallest absolute Gasteiger partial charge is 0.333 e. The normalized spacial score (nSPS) is 12.1. The molecule has 5 rings (SSSR count). The summed E-state index contributed by atoms with van der Waals surface area (Å²) in [6.07, 6.45) is 2.07. The number of aryl methyl sites for hydroxylation is 1. The number of nitrogens with zero attached hydrogens (tertiary/aromatic N) is 6. The predicted octanol–water partition coefficient (Wildman–Crippen LogP) is 6.08. The molecule has 0 unspecified atom stereocenters. The van der Waals surface area contributed by atoms with Gasteiger partial charge in [0.25, 0.3) is 0 Å². The Morgan fingerprint density at radius 1 is 0.971 bits per heavy atom. The van der Waals surface area contributed by atoms with Crippen molar-refractivity contribution in [2.45, 2.75) is 32.5 Å². The number of aromatic nitrogens is 6. The van der Waals surface area contributed by atoms with E-state index in [0.717, 1.165) is 34.1 Å². The average molecular weight is 477 g/mol. The molecule has 4 aromatic heterocycles. The number of imidazole rings is 1. The summed E-state index contributed by atoms with van der Waals surface area (Å²) in [4.78, 5) is 17.7. The van der Waals surface area contributed by atoms with Crippen molar-refractivity contribution in [2.75, 3.05) is 0 Å². The molecule has 1 aromatic carbocycles. The van der Waals surface area contributed by atoms with Gasteiger partial charge >= 0.3 is 6.18 Å². The van der Waals surface area contributed by atoms with Crippen LogP contribution in [0, 0.1) is 0 Å². The lowest BCUT2D eigenvalue weighted by molar-refractivity contribution is -0.140. The number of alkyl halides is 3. The highest BCUT2D eigenvalue weighted by Gasteiger charge is 2.34. The van der Waals surface area contributed by atoms with Crippen molar-refractivity contribution < 1.29 is 13.2 Å². The largest absolute Gasteiger partial charge is 0.434 e. The van der Waals surface area contributed by atoms with Crippen molar-refractivity contribution in [3.05, 3.63) is 84.2 Å². The zero-order valence-electron chi connectivity index (χ0n) is 19.5. The first-order valence-electron chi connectivity index (χ1n) is 11.2. The van der Waals surface area contributed by atoms with Crippen LogP contribution in [0.2, 0.25) is 0 Å². The molecule has 6 nitrogen and oxygen atoms in total. The molecule has 0 spiro atoms. The van der Waals surface area contributed by atoms with Gasteiger partial charge in [-0.3, -0.25) is 4.98 Å².